The van der Waals surface area contributed by atoms with Crippen LogP contribution in [-0.2, 0) is 11.2 Å². The lowest BCUT2D eigenvalue weighted by atomic mass is 9.89. The van der Waals surface area contributed by atoms with Gasteiger partial charge in [0, 0.05) is 19.0 Å². The third kappa shape index (κ3) is 4.54. The van der Waals surface area contributed by atoms with Gasteiger partial charge in [0.1, 0.15) is 0 Å². The van der Waals surface area contributed by atoms with Crippen LogP contribution in [0.25, 0.3) is 0 Å². The molecule has 0 spiro atoms. The molecule has 0 unspecified atom stereocenters. The smallest absolute Gasteiger partial charge is 0.260 e. The van der Waals surface area contributed by atoms with Gasteiger partial charge in [-0.05, 0) is 42.1 Å². The number of likely N-dealkylation sites (tertiary alicyclic amines) is 1. The van der Waals surface area contributed by atoms with Crippen molar-refractivity contribution in [3.8, 4) is 11.5 Å². The molecule has 1 fully saturated rings. The Morgan fingerprint density at radius 3 is 2.68 bits per heavy atom. The van der Waals surface area contributed by atoms with E-state index < -0.39 is 0 Å². The van der Waals surface area contributed by atoms with Gasteiger partial charge in [-0.25, -0.2) is 0 Å². The number of carbonyl (C=O) groups is 1. The van der Waals surface area contributed by atoms with Crippen molar-refractivity contribution in [3.63, 3.8) is 0 Å². The fourth-order valence-electron chi connectivity index (χ4n) is 3.75. The van der Waals surface area contributed by atoms with Crippen LogP contribution in [0.4, 0.5) is 0 Å². The van der Waals surface area contributed by atoms with Gasteiger partial charge in [0.25, 0.3) is 5.91 Å². The quantitative estimate of drug-likeness (QED) is 0.715. The van der Waals surface area contributed by atoms with Gasteiger partial charge in [-0.3, -0.25) is 4.79 Å². The highest BCUT2D eigenvalue weighted by Crippen LogP contribution is 2.32. The Bertz CT molecular complexity index is 807. The van der Waals surface area contributed by atoms with Crippen molar-refractivity contribution in [1.82, 2.24) is 4.90 Å². The normalized spacial score (nSPS) is 18.7. The lowest BCUT2D eigenvalue weighted by Crippen LogP contribution is -2.33. The predicted molar refractivity (Wildman–Crippen MR) is 111 cm³/mol. The van der Waals surface area contributed by atoms with Gasteiger partial charge < -0.3 is 20.1 Å². The molecule has 1 aliphatic rings. The van der Waals surface area contributed by atoms with E-state index in [1.54, 1.807) is 7.11 Å². The molecule has 1 amide bonds. The van der Waals surface area contributed by atoms with Crippen LogP contribution >= 0.6 is 0 Å². The number of amides is 1. The second-order valence-electron chi connectivity index (χ2n) is 7.08. The number of methoxy groups -OCH3 is 1. The summed E-state index contributed by atoms with van der Waals surface area (Å²) >= 11 is 0. The molecule has 148 valence electrons. The van der Waals surface area contributed by atoms with E-state index in [1.807, 2.05) is 47.4 Å². The first-order chi connectivity index (χ1) is 13.7. The van der Waals surface area contributed by atoms with Gasteiger partial charge in [-0.1, -0.05) is 42.5 Å². The number of rotatable bonds is 8. The average molecular weight is 380 g/mol. The molecule has 0 aromatic heterocycles. The standard InChI is InChI=1S/C23H28N2O3/c1-3-7-17-10-11-21(22(12-17)27-2)28-16-23(26)25-14-19(13-24)20(15-25)18-8-5-4-6-9-18/h3-6,8-12,19-20H,1,7,13-16,24H2,2H3/t19-,20+/m1/s1. The van der Waals surface area contributed by atoms with Crippen LogP contribution in [0.1, 0.15) is 17.0 Å². The molecule has 0 radical (unpaired) electrons. The van der Waals surface area contributed by atoms with Gasteiger partial charge in [0.05, 0.1) is 7.11 Å². The second-order valence-corrected chi connectivity index (χ2v) is 7.08. The van der Waals surface area contributed by atoms with Crippen molar-refractivity contribution >= 4 is 5.91 Å². The van der Waals surface area contributed by atoms with Crippen molar-refractivity contribution in [2.75, 3.05) is 33.4 Å². The van der Waals surface area contributed by atoms with Crippen molar-refractivity contribution in [2.45, 2.75) is 12.3 Å². The van der Waals surface area contributed by atoms with E-state index in [1.165, 1.54) is 5.56 Å². The Kier molecular flexibility index (Phi) is 6.71. The van der Waals surface area contributed by atoms with E-state index in [2.05, 4.69) is 18.7 Å². The Balaban J connectivity index is 1.63. The number of carbonyl (C=O) groups excluding carboxylic acids is 1. The summed E-state index contributed by atoms with van der Waals surface area (Å²) in [5.41, 5.74) is 8.29. The number of ether oxygens (including phenoxy) is 2. The van der Waals surface area contributed by atoms with Crippen molar-refractivity contribution in [3.05, 3.63) is 72.3 Å². The second kappa shape index (κ2) is 9.42. The number of benzene rings is 2. The Hall–Kier alpha value is -2.79. The minimum atomic E-state index is -0.0332. The molecule has 28 heavy (non-hydrogen) atoms. The van der Waals surface area contributed by atoms with Crippen LogP contribution < -0.4 is 15.2 Å². The summed E-state index contributed by atoms with van der Waals surface area (Å²) in [6.07, 6.45) is 2.59. The summed E-state index contributed by atoms with van der Waals surface area (Å²) in [5, 5.41) is 0. The first-order valence-corrected chi connectivity index (χ1v) is 9.59. The molecular formula is C23H28N2O3. The molecule has 1 aliphatic heterocycles. The monoisotopic (exact) mass is 380 g/mol. The maximum atomic E-state index is 12.7. The highest BCUT2D eigenvalue weighted by atomic mass is 16.5. The number of nitrogens with two attached hydrogens (primary N) is 1. The minimum absolute atomic E-state index is 0.0179. The number of hydrogen-bond acceptors (Lipinski definition) is 4. The van der Waals surface area contributed by atoms with Gasteiger partial charge in [0.15, 0.2) is 18.1 Å². The van der Waals surface area contributed by atoms with Gasteiger partial charge in [0.2, 0.25) is 0 Å². The zero-order valence-electron chi connectivity index (χ0n) is 16.3. The molecule has 1 heterocycles. The molecule has 2 atom stereocenters. The molecule has 2 aromatic rings. The zero-order chi connectivity index (χ0) is 19.9. The Labute approximate surface area is 166 Å². The molecule has 2 aromatic carbocycles. The third-order valence-electron chi connectivity index (χ3n) is 5.28. The SMILES string of the molecule is C=CCc1ccc(OCC(=O)N2C[C@@H](CN)[C@H](c3ccccc3)C2)c(OC)c1. The third-order valence-corrected chi connectivity index (χ3v) is 5.28. The number of allylic oxidation sites excluding steroid dienone is 1. The first kappa shape index (κ1) is 20.0. The maximum absolute atomic E-state index is 12.7. The lowest BCUT2D eigenvalue weighted by molar-refractivity contribution is -0.132. The van der Waals surface area contributed by atoms with Crippen LogP contribution in [0.2, 0.25) is 0 Å². The van der Waals surface area contributed by atoms with Crippen molar-refractivity contribution in [2.24, 2.45) is 11.7 Å². The van der Waals surface area contributed by atoms with Crippen LogP contribution in [0.15, 0.2) is 61.2 Å². The van der Waals surface area contributed by atoms with Crippen molar-refractivity contribution in [1.29, 1.82) is 0 Å². The van der Waals surface area contributed by atoms with E-state index in [9.17, 15) is 4.79 Å². The number of nitrogens with zero attached hydrogens (tertiary/aromatic N) is 1. The summed E-state index contributed by atoms with van der Waals surface area (Å²) in [6.45, 7) is 5.62. The molecule has 2 N–H and O–H groups in total. The van der Waals surface area contributed by atoms with Crippen LogP contribution in [0.5, 0.6) is 11.5 Å². The summed E-state index contributed by atoms with van der Waals surface area (Å²) < 4.78 is 11.2. The first-order valence-electron chi connectivity index (χ1n) is 9.59. The Morgan fingerprint density at radius 2 is 2.00 bits per heavy atom. The summed E-state index contributed by atoms with van der Waals surface area (Å²) in [7, 11) is 1.60. The highest BCUT2D eigenvalue weighted by Gasteiger charge is 2.35. The molecular weight excluding hydrogens is 352 g/mol. The average Bonchev–Trinajstić information content (AvgIpc) is 3.18. The van der Waals surface area contributed by atoms with Gasteiger partial charge in [-0.15, -0.1) is 6.58 Å². The molecule has 5 heteroatoms. The molecule has 0 aliphatic carbocycles. The highest BCUT2D eigenvalue weighted by molar-refractivity contribution is 5.78. The van der Waals surface area contributed by atoms with Crippen molar-refractivity contribution < 1.29 is 14.3 Å². The lowest BCUT2D eigenvalue weighted by Gasteiger charge is -2.18. The molecule has 0 saturated carbocycles. The number of hydrogen-bond donors (Lipinski definition) is 1. The Morgan fingerprint density at radius 1 is 1.21 bits per heavy atom. The minimum Gasteiger partial charge on any atom is -0.493 e. The van der Waals surface area contributed by atoms with Crippen LogP contribution in [0.3, 0.4) is 0 Å². The molecule has 3 rings (SSSR count). The summed E-state index contributed by atoms with van der Waals surface area (Å²) in [5.74, 6) is 1.68. The van der Waals surface area contributed by atoms with E-state index in [-0.39, 0.29) is 24.3 Å². The van der Waals surface area contributed by atoms with E-state index >= 15 is 0 Å². The molecule has 1 saturated heterocycles. The predicted octanol–water partition coefficient (Wildman–Crippen LogP) is 3.00. The summed E-state index contributed by atoms with van der Waals surface area (Å²) in [4.78, 5) is 14.6. The van der Waals surface area contributed by atoms with E-state index in [4.69, 9.17) is 15.2 Å². The molecule has 0 bridgehead atoms. The fraction of sp³-hybridized carbons (Fsp3) is 0.348. The van der Waals surface area contributed by atoms with E-state index in [0.29, 0.717) is 31.1 Å². The van der Waals surface area contributed by atoms with Crippen LogP contribution in [0, 0.1) is 5.92 Å². The topological polar surface area (TPSA) is 64.8 Å². The largest absolute Gasteiger partial charge is 0.493 e. The maximum Gasteiger partial charge on any atom is 0.260 e. The molecule has 5 nitrogen and oxygen atoms in total. The fourth-order valence-corrected chi connectivity index (χ4v) is 3.75. The zero-order valence-corrected chi connectivity index (χ0v) is 16.3. The van der Waals surface area contributed by atoms with Gasteiger partial charge in [-0.2, -0.15) is 0 Å². The van der Waals surface area contributed by atoms with Crippen LogP contribution in [-0.4, -0.2) is 44.2 Å². The van der Waals surface area contributed by atoms with E-state index in [0.717, 1.165) is 12.0 Å². The van der Waals surface area contributed by atoms with Gasteiger partial charge >= 0.3 is 0 Å². The summed E-state index contributed by atoms with van der Waals surface area (Å²) in [6, 6.07) is 16.0.